The molecule has 0 saturated heterocycles. The van der Waals surface area contributed by atoms with Crippen LogP contribution in [0.5, 0.6) is 0 Å². The monoisotopic (exact) mass is 358 g/mol. The van der Waals surface area contributed by atoms with Gasteiger partial charge < -0.3 is 29.0 Å². The maximum absolute atomic E-state index is 10.2. The minimum Gasteiger partial charge on any atom is -0.790 e. The Balaban J connectivity index is -0.000000240. The van der Waals surface area contributed by atoms with E-state index in [1.54, 1.807) is 0 Å². The third-order valence-corrected chi connectivity index (χ3v) is 3.66. The van der Waals surface area contributed by atoms with Crippen LogP contribution in [-0.2, 0) is 39.4 Å². The molecule has 0 fully saturated rings. The molecule has 0 aromatic rings. The predicted octanol–water partition coefficient (Wildman–Crippen LogP) is -5.97. The van der Waals surface area contributed by atoms with Crippen molar-refractivity contribution in [3.63, 3.8) is 0 Å². The SMILES string of the molecule is O=P([O-])([O-])OP(=O)([O-])OP(=O)(O)O.[Fe].[Mg+2].[Na+]. The van der Waals surface area contributed by atoms with Gasteiger partial charge in [0, 0.05) is 17.1 Å². The molecule has 0 amide bonds. The molecule has 0 aromatic heterocycles. The van der Waals surface area contributed by atoms with Crippen LogP contribution < -0.4 is 44.2 Å². The van der Waals surface area contributed by atoms with E-state index in [1.165, 1.54) is 0 Å². The van der Waals surface area contributed by atoms with Crippen molar-refractivity contribution in [2.75, 3.05) is 0 Å². The Morgan fingerprint density at radius 3 is 1.44 bits per heavy atom. The van der Waals surface area contributed by atoms with Crippen LogP contribution in [0.15, 0.2) is 0 Å². The molecule has 0 aromatic carbocycles. The Labute approximate surface area is 139 Å². The van der Waals surface area contributed by atoms with Gasteiger partial charge in [-0.25, -0.2) is 8.88 Å². The van der Waals surface area contributed by atoms with Crippen LogP contribution in [0.1, 0.15) is 0 Å². The molecular weight excluding hydrogens is 356 g/mol. The van der Waals surface area contributed by atoms with E-state index >= 15 is 0 Å². The van der Waals surface area contributed by atoms with Crippen molar-refractivity contribution in [3.05, 3.63) is 0 Å². The Morgan fingerprint density at radius 2 is 1.25 bits per heavy atom. The zero-order chi connectivity index (χ0) is 10.9. The van der Waals surface area contributed by atoms with Crippen LogP contribution in [0, 0.1) is 0 Å². The summed E-state index contributed by atoms with van der Waals surface area (Å²) in [6, 6.07) is 0. The van der Waals surface area contributed by atoms with Crippen LogP contribution in [0.4, 0.5) is 0 Å². The molecule has 0 bridgehead atoms. The molecule has 0 heterocycles. The maximum Gasteiger partial charge on any atom is 2.00 e. The first-order chi connectivity index (χ1) is 5.41. The van der Waals surface area contributed by atoms with Crippen molar-refractivity contribution in [2.24, 2.45) is 0 Å². The van der Waals surface area contributed by atoms with Gasteiger partial charge in [-0.3, -0.25) is 8.88 Å². The Kier molecular flexibility index (Phi) is 16.2. The van der Waals surface area contributed by atoms with Gasteiger partial charge in [-0.1, -0.05) is 0 Å². The maximum atomic E-state index is 10.2. The van der Waals surface area contributed by atoms with Crippen molar-refractivity contribution in [2.45, 2.75) is 0 Å². The second-order valence-electron chi connectivity index (χ2n) is 1.55. The minimum atomic E-state index is -5.92. The van der Waals surface area contributed by atoms with Crippen LogP contribution in [0.2, 0.25) is 0 Å². The van der Waals surface area contributed by atoms with E-state index < -0.39 is 23.5 Å². The van der Waals surface area contributed by atoms with Crippen LogP contribution >= 0.6 is 23.5 Å². The summed E-state index contributed by atoms with van der Waals surface area (Å²) in [7, 11) is -17.2. The largest absolute Gasteiger partial charge is 2.00 e. The number of phosphoric acid groups is 3. The molecule has 1 atom stereocenters. The van der Waals surface area contributed by atoms with Gasteiger partial charge in [-0.15, -0.1) is 0 Å². The summed E-state index contributed by atoms with van der Waals surface area (Å²) in [4.78, 5) is 45.3. The summed E-state index contributed by atoms with van der Waals surface area (Å²) in [5, 5.41) is 0. The fraction of sp³-hybridized carbons (Fsp3) is 0. The number of hydrogen-bond acceptors (Lipinski definition) is 8. The molecule has 16 heavy (non-hydrogen) atoms. The average Bonchev–Trinajstić information content (AvgIpc) is 1.43. The molecule has 0 aliphatic rings. The van der Waals surface area contributed by atoms with E-state index in [1.807, 2.05) is 0 Å². The first kappa shape index (κ1) is 27.1. The molecule has 10 nitrogen and oxygen atoms in total. The Hall–Kier alpha value is 2.70. The zero-order valence-electron chi connectivity index (χ0n) is 7.56. The topological polar surface area (TPSA) is 179 Å². The summed E-state index contributed by atoms with van der Waals surface area (Å²) in [6.45, 7) is 0. The molecular formula is H2FeMgNaO10P3. The molecule has 0 aliphatic heterocycles. The van der Waals surface area contributed by atoms with Gasteiger partial charge >= 0.3 is 60.4 Å². The van der Waals surface area contributed by atoms with Gasteiger partial charge in [0.25, 0.3) is 7.82 Å². The fourth-order valence-electron chi connectivity index (χ4n) is 0.268. The van der Waals surface area contributed by atoms with Gasteiger partial charge in [-0.2, -0.15) is 0 Å². The first-order valence-electron chi connectivity index (χ1n) is 2.23. The molecule has 1 unspecified atom stereocenters. The van der Waals surface area contributed by atoms with Crippen molar-refractivity contribution < 1.29 is 93.4 Å². The summed E-state index contributed by atoms with van der Waals surface area (Å²) in [5.74, 6) is 0. The molecule has 88 valence electrons. The summed E-state index contributed by atoms with van der Waals surface area (Å²) in [6.07, 6.45) is 0. The van der Waals surface area contributed by atoms with Gasteiger partial charge in [0.1, 0.15) is 0 Å². The minimum absolute atomic E-state index is 0. The molecule has 0 rings (SSSR count). The van der Waals surface area contributed by atoms with Crippen LogP contribution in [0.3, 0.4) is 0 Å². The third-order valence-electron chi connectivity index (χ3n) is 0.406. The van der Waals surface area contributed by atoms with Crippen molar-refractivity contribution in [1.29, 1.82) is 0 Å². The molecule has 0 saturated carbocycles. The van der Waals surface area contributed by atoms with Crippen LogP contribution in [0.25, 0.3) is 0 Å². The molecule has 16 heteroatoms. The number of rotatable bonds is 4. The predicted molar refractivity (Wildman–Crippen MR) is 35.2 cm³/mol. The fourth-order valence-corrected chi connectivity index (χ4v) is 2.68. The Bertz CT molecular complexity index is 288. The number of hydrogen-bond donors (Lipinski definition) is 2. The second kappa shape index (κ2) is 9.58. The standard InChI is InChI=1S/Fe.Mg.Na.H5O10P3/c;;;1-11(2,3)9-13(7,8)10-12(4,5)6/h;;;(H,7,8)(H2,1,2,3)(H2,4,5,6)/q;+2;+1;/p-3. The van der Waals surface area contributed by atoms with Crippen LogP contribution in [-0.4, -0.2) is 32.8 Å². The normalized spacial score (nSPS) is 14.8. The van der Waals surface area contributed by atoms with Crippen molar-refractivity contribution in [3.8, 4) is 0 Å². The second-order valence-corrected chi connectivity index (χ2v) is 5.62. The van der Waals surface area contributed by atoms with E-state index in [2.05, 4.69) is 8.62 Å². The van der Waals surface area contributed by atoms with E-state index in [9.17, 15) is 28.4 Å². The molecule has 0 aliphatic carbocycles. The summed E-state index contributed by atoms with van der Waals surface area (Å²) < 4.78 is 35.3. The van der Waals surface area contributed by atoms with E-state index in [4.69, 9.17) is 9.79 Å². The first-order valence-corrected chi connectivity index (χ1v) is 6.68. The molecule has 2 N–H and O–H groups in total. The quantitative estimate of drug-likeness (QED) is 0.363. The van der Waals surface area contributed by atoms with Gasteiger partial charge in [0.2, 0.25) is 0 Å². The molecule has 0 radical (unpaired) electrons. The van der Waals surface area contributed by atoms with Crippen molar-refractivity contribution in [1.82, 2.24) is 0 Å². The van der Waals surface area contributed by atoms with E-state index in [0.717, 1.165) is 0 Å². The average molecular weight is 358 g/mol. The Morgan fingerprint density at radius 1 is 0.938 bits per heavy atom. The zero-order valence-corrected chi connectivity index (χ0v) is 14.8. The van der Waals surface area contributed by atoms with Gasteiger partial charge in [-0.05, 0) is 0 Å². The van der Waals surface area contributed by atoms with Gasteiger partial charge in [0.05, 0.1) is 7.82 Å². The van der Waals surface area contributed by atoms with Gasteiger partial charge in [0.15, 0.2) is 0 Å². The smallest absolute Gasteiger partial charge is 0.790 e. The third kappa shape index (κ3) is 19.0. The summed E-state index contributed by atoms with van der Waals surface area (Å²) in [5.41, 5.74) is 0. The molecule has 0 spiro atoms. The summed E-state index contributed by atoms with van der Waals surface area (Å²) >= 11 is 0. The van der Waals surface area contributed by atoms with E-state index in [-0.39, 0.29) is 69.7 Å². The van der Waals surface area contributed by atoms with E-state index in [0.29, 0.717) is 0 Å². The van der Waals surface area contributed by atoms with Crippen molar-refractivity contribution >= 4 is 46.5 Å².